The molecule has 0 amide bonds. The zero-order valence-corrected chi connectivity index (χ0v) is 13.4. The Balaban J connectivity index is 2.26. The minimum absolute atomic E-state index is 0.504. The van der Waals surface area contributed by atoms with E-state index >= 15 is 0 Å². The average Bonchev–Trinajstić information content (AvgIpc) is 2.88. The molecule has 4 nitrogen and oxygen atoms in total. The Morgan fingerprint density at radius 1 is 1.32 bits per heavy atom. The number of aryl methyl sites for hydroxylation is 1. The van der Waals surface area contributed by atoms with E-state index in [9.17, 15) is 0 Å². The molecule has 1 N–H and O–H groups in total. The smallest absolute Gasteiger partial charge is 0.226 e. The molecule has 0 aliphatic carbocycles. The highest BCUT2D eigenvalue weighted by Gasteiger charge is 2.09. The van der Waals surface area contributed by atoms with Crippen LogP contribution in [0, 0.1) is 0 Å². The number of thioether (sulfide) groups is 1. The van der Waals surface area contributed by atoms with Gasteiger partial charge < -0.3 is 9.84 Å². The zero-order chi connectivity index (χ0) is 14.1. The summed E-state index contributed by atoms with van der Waals surface area (Å²) in [5, 5.41) is 8.15. The van der Waals surface area contributed by atoms with E-state index in [0.29, 0.717) is 11.3 Å². The van der Waals surface area contributed by atoms with E-state index in [0.717, 1.165) is 36.9 Å². The van der Waals surface area contributed by atoms with Crippen molar-refractivity contribution in [2.75, 3.05) is 6.54 Å². The van der Waals surface area contributed by atoms with Gasteiger partial charge in [0.2, 0.25) is 5.89 Å². The summed E-state index contributed by atoms with van der Waals surface area (Å²) in [6, 6.07) is 0.504. The van der Waals surface area contributed by atoms with Crippen molar-refractivity contribution in [2.24, 2.45) is 0 Å². The summed E-state index contributed by atoms with van der Waals surface area (Å²) in [5.74, 6) is 2.45. The van der Waals surface area contributed by atoms with Crippen LogP contribution in [0.3, 0.4) is 0 Å². The van der Waals surface area contributed by atoms with Crippen molar-refractivity contribution >= 4 is 11.8 Å². The Kier molecular flexibility index (Phi) is 8.14. The van der Waals surface area contributed by atoms with Gasteiger partial charge in [-0.05, 0) is 32.7 Å². The largest absolute Gasteiger partial charge is 0.339 e. The van der Waals surface area contributed by atoms with Gasteiger partial charge in [-0.15, -0.1) is 0 Å². The number of nitrogens with one attached hydrogen (secondary N) is 1. The van der Waals surface area contributed by atoms with Crippen molar-refractivity contribution in [1.29, 1.82) is 0 Å². The molecule has 0 saturated carbocycles. The van der Waals surface area contributed by atoms with Gasteiger partial charge in [0.25, 0.3) is 0 Å². The lowest BCUT2D eigenvalue weighted by Gasteiger charge is -2.10. The van der Waals surface area contributed by atoms with Gasteiger partial charge in [0.05, 0.1) is 5.75 Å². The maximum absolute atomic E-state index is 5.28. The molecule has 0 saturated heterocycles. The summed E-state index contributed by atoms with van der Waals surface area (Å²) >= 11 is 1.88. The number of hydrogen-bond donors (Lipinski definition) is 1. The van der Waals surface area contributed by atoms with Crippen molar-refractivity contribution in [2.45, 2.75) is 70.4 Å². The first-order valence-corrected chi connectivity index (χ1v) is 8.37. The van der Waals surface area contributed by atoms with E-state index in [1.54, 1.807) is 0 Å². The molecule has 1 aromatic heterocycles. The van der Waals surface area contributed by atoms with Crippen LogP contribution in [0.25, 0.3) is 0 Å². The molecular formula is C14H27N3OS. The summed E-state index contributed by atoms with van der Waals surface area (Å²) in [6.07, 6.45) is 4.25. The van der Waals surface area contributed by atoms with Crippen LogP contribution in [0.15, 0.2) is 4.52 Å². The first-order chi connectivity index (χ1) is 9.15. The second-order valence-corrected chi connectivity index (χ2v) is 6.45. The van der Waals surface area contributed by atoms with Crippen molar-refractivity contribution < 1.29 is 4.52 Å². The van der Waals surface area contributed by atoms with Crippen LogP contribution in [0.4, 0.5) is 0 Å². The fraction of sp³-hybridized carbons (Fsp3) is 0.857. The van der Waals surface area contributed by atoms with Crippen molar-refractivity contribution in [1.82, 2.24) is 15.5 Å². The second-order valence-electron chi connectivity index (χ2n) is 5.03. The molecule has 0 spiro atoms. The Morgan fingerprint density at radius 3 is 2.79 bits per heavy atom. The van der Waals surface area contributed by atoms with Crippen molar-refractivity contribution in [3.8, 4) is 0 Å². The Hall–Kier alpha value is -0.550. The standard InChI is InChI=1S/C14H27N3OS/c1-5-9-15-11(3)7-8-14-16-13(17-18-14)10-19-12(4)6-2/h11-12,15H,5-10H2,1-4H3. The lowest BCUT2D eigenvalue weighted by atomic mass is 10.2. The van der Waals surface area contributed by atoms with Gasteiger partial charge in [-0.25, -0.2) is 0 Å². The van der Waals surface area contributed by atoms with Crippen LogP contribution in [-0.2, 0) is 12.2 Å². The van der Waals surface area contributed by atoms with E-state index < -0.39 is 0 Å². The van der Waals surface area contributed by atoms with E-state index in [1.807, 2.05) is 11.8 Å². The number of rotatable bonds is 10. The predicted molar refractivity (Wildman–Crippen MR) is 81.4 cm³/mol. The third kappa shape index (κ3) is 6.97. The molecule has 0 fully saturated rings. The zero-order valence-electron chi connectivity index (χ0n) is 12.6. The second kappa shape index (κ2) is 9.37. The van der Waals surface area contributed by atoms with Crippen LogP contribution < -0.4 is 5.32 Å². The van der Waals surface area contributed by atoms with Crippen molar-refractivity contribution in [3.05, 3.63) is 11.7 Å². The summed E-state index contributed by atoms with van der Waals surface area (Å²) in [4.78, 5) is 4.44. The molecule has 0 bridgehead atoms. The Bertz CT molecular complexity index is 343. The first kappa shape index (κ1) is 16.5. The summed E-state index contributed by atoms with van der Waals surface area (Å²) in [7, 11) is 0. The van der Waals surface area contributed by atoms with Crippen molar-refractivity contribution in [3.63, 3.8) is 0 Å². The maximum Gasteiger partial charge on any atom is 0.226 e. The maximum atomic E-state index is 5.28. The SMILES string of the molecule is CCCNC(C)CCc1nc(CSC(C)CC)no1. The highest BCUT2D eigenvalue weighted by molar-refractivity contribution is 7.99. The number of nitrogens with zero attached hydrogens (tertiary/aromatic N) is 2. The molecule has 19 heavy (non-hydrogen) atoms. The van der Waals surface area contributed by atoms with E-state index in [1.165, 1.54) is 12.8 Å². The minimum Gasteiger partial charge on any atom is -0.339 e. The van der Waals surface area contributed by atoms with Gasteiger partial charge in [0, 0.05) is 17.7 Å². The quantitative estimate of drug-likeness (QED) is 0.714. The molecule has 2 atom stereocenters. The molecule has 1 rings (SSSR count). The first-order valence-electron chi connectivity index (χ1n) is 7.32. The van der Waals surface area contributed by atoms with Gasteiger partial charge in [-0.2, -0.15) is 16.7 Å². The topological polar surface area (TPSA) is 51.0 Å². The van der Waals surface area contributed by atoms with Crippen LogP contribution in [-0.4, -0.2) is 28.0 Å². The third-order valence-corrected chi connectivity index (χ3v) is 4.44. The van der Waals surface area contributed by atoms with Gasteiger partial charge in [0.1, 0.15) is 0 Å². The molecule has 2 unspecified atom stereocenters. The molecule has 5 heteroatoms. The summed E-state index contributed by atoms with van der Waals surface area (Å²) < 4.78 is 5.28. The van der Waals surface area contributed by atoms with E-state index in [2.05, 4.69) is 43.2 Å². The normalized spacial score (nSPS) is 14.5. The fourth-order valence-electron chi connectivity index (χ4n) is 1.62. The lowest BCUT2D eigenvalue weighted by molar-refractivity contribution is 0.363. The van der Waals surface area contributed by atoms with Gasteiger partial charge in [-0.3, -0.25) is 0 Å². The molecule has 0 aromatic carbocycles. The van der Waals surface area contributed by atoms with E-state index in [-0.39, 0.29) is 0 Å². The molecule has 0 aliphatic rings. The van der Waals surface area contributed by atoms with Crippen LogP contribution in [0.1, 0.15) is 58.7 Å². The van der Waals surface area contributed by atoms with Gasteiger partial charge in [-0.1, -0.05) is 25.9 Å². The molecule has 0 aliphatic heterocycles. The minimum atomic E-state index is 0.504. The molecule has 110 valence electrons. The molecule has 0 radical (unpaired) electrons. The molecule has 1 aromatic rings. The molecular weight excluding hydrogens is 258 g/mol. The van der Waals surface area contributed by atoms with Gasteiger partial charge >= 0.3 is 0 Å². The third-order valence-electron chi connectivity index (χ3n) is 3.12. The Labute approximate surface area is 121 Å². The highest BCUT2D eigenvalue weighted by atomic mass is 32.2. The monoisotopic (exact) mass is 285 g/mol. The van der Waals surface area contributed by atoms with Gasteiger partial charge in [0.15, 0.2) is 5.82 Å². The van der Waals surface area contributed by atoms with Crippen LogP contribution in [0.2, 0.25) is 0 Å². The fourth-order valence-corrected chi connectivity index (χ4v) is 2.40. The number of hydrogen-bond acceptors (Lipinski definition) is 5. The summed E-state index contributed by atoms with van der Waals surface area (Å²) in [6.45, 7) is 9.88. The van der Waals surface area contributed by atoms with Crippen LogP contribution >= 0.6 is 11.8 Å². The highest BCUT2D eigenvalue weighted by Crippen LogP contribution is 2.18. The Morgan fingerprint density at radius 2 is 2.11 bits per heavy atom. The summed E-state index contributed by atoms with van der Waals surface area (Å²) in [5.41, 5.74) is 0. The van der Waals surface area contributed by atoms with Crippen LogP contribution in [0.5, 0.6) is 0 Å². The number of aromatic nitrogens is 2. The molecule has 1 heterocycles. The lowest BCUT2D eigenvalue weighted by Crippen LogP contribution is -2.27. The predicted octanol–water partition coefficient (Wildman–Crippen LogP) is 3.42. The van der Waals surface area contributed by atoms with E-state index in [4.69, 9.17) is 4.52 Å². The average molecular weight is 285 g/mol.